The van der Waals surface area contributed by atoms with Gasteiger partial charge in [0.1, 0.15) is 5.54 Å². The molecule has 2 aliphatic carbocycles. The van der Waals surface area contributed by atoms with Gasteiger partial charge >= 0.3 is 0 Å². The van der Waals surface area contributed by atoms with Gasteiger partial charge in [-0.3, -0.25) is 9.59 Å². The van der Waals surface area contributed by atoms with Gasteiger partial charge in [-0.1, -0.05) is 42.6 Å². The Morgan fingerprint density at radius 3 is 2.58 bits per heavy atom. The molecule has 0 bridgehead atoms. The fourth-order valence-electron chi connectivity index (χ4n) is 4.44. The molecule has 1 atom stereocenters. The number of Topliss-reactive ketones (excluding diaryl/α,β-unsaturated/α-hetero) is 1. The van der Waals surface area contributed by atoms with E-state index in [0.29, 0.717) is 30.2 Å². The molecule has 2 fully saturated rings. The van der Waals surface area contributed by atoms with E-state index in [9.17, 15) is 9.59 Å². The lowest BCUT2D eigenvalue weighted by molar-refractivity contribution is -0.148. The molecule has 1 unspecified atom stereocenters. The highest BCUT2D eigenvalue weighted by Gasteiger charge is 2.47. The van der Waals surface area contributed by atoms with Crippen LogP contribution in [-0.2, 0) is 15.1 Å². The second kappa shape index (κ2) is 7.26. The normalized spacial score (nSPS) is 25.0. The zero-order valence-electron chi connectivity index (χ0n) is 14.4. The minimum atomic E-state index is -0.883. The molecule has 3 rings (SSSR count). The number of carbonyl (C=O) groups excluding carboxylic acids is 2. The Labute approximate surface area is 149 Å². The van der Waals surface area contributed by atoms with E-state index < -0.39 is 5.54 Å². The Balaban J connectivity index is 1.93. The van der Waals surface area contributed by atoms with Gasteiger partial charge in [0.05, 0.1) is 0 Å². The molecule has 0 heterocycles. The number of ketones is 1. The quantitative estimate of drug-likeness (QED) is 0.790. The average molecular weight is 348 g/mol. The molecule has 0 spiro atoms. The van der Waals surface area contributed by atoms with Crippen LogP contribution >= 0.6 is 11.6 Å². The number of benzene rings is 1. The number of likely N-dealkylation sites (N-methyl/N-ethyl adjacent to an activating group) is 1. The van der Waals surface area contributed by atoms with Crippen LogP contribution in [-0.4, -0.2) is 23.6 Å². The molecule has 1 aromatic carbocycles. The van der Waals surface area contributed by atoms with Crippen molar-refractivity contribution in [3.8, 4) is 0 Å². The Kier molecular flexibility index (Phi) is 5.29. The van der Waals surface area contributed by atoms with E-state index in [1.807, 2.05) is 24.3 Å². The number of hydrogen-bond donors (Lipinski definition) is 0. The standard InChI is InChI=1S/C20H26ClNO2/c1-22(19(24)14-15-8-2-3-9-15)20(13-7-6-12-18(20)23)16-10-4-5-11-17(16)21/h4-5,10-11,15H,2-3,6-9,12-14H2,1H3. The second-order valence-corrected chi connectivity index (χ2v) is 7.68. The van der Waals surface area contributed by atoms with Crippen molar-refractivity contribution in [3.63, 3.8) is 0 Å². The third-order valence-electron chi connectivity index (χ3n) is 5.86. The summed E-state index contributed by atoms with van der Waals surface area (Å²) >= 11 is 6.44. The number of rotatable bonds is 4. The maximum Gasteiger partial charge on any atom is 0.223 e. The van der Waals surface area contributed by atoms with E-state index in [1.54, 1.807) is 11.9 Å². The summed E-state index contributed by atoms with van der Waals surface area (Å²) in [6.45, 7) is 0. The molecule has 130 valence electrons. The van der Waals surface area contributed by atoms with Crippen LogP contribution in [0.1, 0.15) is 63.4 Å². The van der Waals surface area contributed by atoms with Gasteiger partial charge in [0.15, 0.2) is 5.78 Å². The van der Waals surface area contributed by atoms with Crippen LogP contribution in [0.15, 0.2) is 24.3 Å². The number of nitrogens with zero attached hydrogens (tertiary/aromatic N) is 1. The SMILES string of the molecule is CN(C(=O)CC1CCCC1)C1(c2ccccc2Cl)CCCCC1=O. The highest BCUT2D eigenvalue weighted by Crippen LogP contribution is 2.43. The summed E-state index contributed by atoms with van der Waals surface area (Å²) in [5, 5.41) is 0.577. The summed E-state index contributed by atoms with van der Waals surface area (Å²) in [5.41, 5.74) is -0.0923. The van der Waals surface area contributed by atoms with Crippen LogP contribution in [0.5, 0.6) is 0 Å². The molecule has 2 aliphatic rings. The van der Waals surface area contributed by atoms with E-state index in [-0.39, 0.29) is 11.7 Å². The molecule has 1 amide bonds. The molecule has 24 heavy (non-hydrogen) atoms. The predicted molar refractivity (Wildman–Crippen MR) is 96.0 cm³/mol. The van der Waals surface area contributed by atoms with E-state index in [0.717, 1.165) is 31.2 Å². The van der Waals surface area contributed by atoms with Crippen LogP contribution in [0, 0.1) is 5.92 Å². The summed E-state index contributed by atoms with van der Waals surface area (Å²) < 4.78 is 0. The van der Waals surface area contributed by atoms with Crippen LogP contribution < -0.4 is 0 Å². The Morgan fingerprint density at radius 1 is 1.21 bits per heavy atom. The molecule has 1 aromatic rings. The largest absolute Gasteiger partial charge is 0.329 e. The highest BCUT2D eigenvalue weighted by molar-refractivity contribution is 6.31. The molecule has 0 aliphatic heterocycles. The monoisotopic (exact) mass is 347 g/mol. The lowest BCUT2D eigenvalue weighted by Gasteiger charge is -2.44. The molecule has 0 saturated heterocycles. The minimum Gasteiger partial charge on any atom is -0.329 e. The topological polar surface area (TPSA) is 37.4 Å². The van der Waals surface area contributed by atoms with Crippen molar-refractivity contribution in [1.29, 1.82) is 0 Å². The molecule has 4 heteroatoms. The molecule has 0 aromatic heterocycles. The van der Waals surface area contributed by atoms with Crippen molar-refractivity contribution in [1.82, 2.24) is 4.90 Å². The number of carbonyl (C=O) groups is 2. The van der Waals surface area contributed by atoms with E-state index in [4.69, 9.17) is 11.6 Å². The molecule has 2 saturated carbocycles. The lowest BCUT2D eigenvalue weighted by atomic mass is 9.74. The van der Waals surface area contributed by atoms with E-state index in [1.165, 1.54) is 12.8 Å². The van der Waals surface area contributed by atoms with Crippen molar-refractivity contribution in [2.75, 3.05) is 7.05 Å². The highest BCUT2D eigenvalue weighted by atomic mass is 35.5. The smallest absolute Gasteiger partial charge is 0.223 e. The molecular formula is C20H26ClNO2. The van der Waals surface area contributed by atoms with Crippen molar-refractivity contribution < 1.29 is 9.59 Å². The van der Waals surface area contributed by atoms with Gasteiger partial charge in [-0.15, -0.1) is 0 Å². The van der Waals surface area contributed by atoms with Gasteiger partial charge in [-0.25, -0.2) is 0 Å². The van der Waals surface area contributed by atoms with Gasteiger partial charge in [-0.2, -0.15) is 0 Å². The van der Waals surface area contributed by atoms with Crippen molar-refractivity contribution in [3.05, 3.63) is 34.9 Å². The first-order chi connectivity index (χ1) is 11.6. The van der Waals surface area contributed by atoms with Crippen molar-refractivity contribution >= 4 is 23.3 Å². The molecule has 3 nitrogen and oxygen atoms in total. The summed E-state index contributed by atoms with van der Waals surface area (Å²) in [6, 6.07) is 7.49. The van der Waals surface area contributed by atoms with Gasteiger partial charge in [0, 0.05) is 30.5 Å². The number of hydrogen-bond acceptors (Lipinski definition) is 2. The van der Waals surface area contributed by atoms with Crippen molar-refractivity contribution in [2.45, 2.75) is 63.3 Å². The Bertz CT molecular complexity index is 624. The number of amides is 1. The Morgan fingerprint density at radius 2 is 1.92 bits per heavy atom. The van der Waals surface area contributed by atoms with Crippen LogP contribution in [0.2, 0.25) is 5.02 Å². The second-order valence-electron chi connectivity index (χ2n) is 7.28. The van der Waals surface area contributed by atoms with E-state index >= 15 is 0 Å². The van der Waals surface area contributed by atoms with E-state index in [2.05, 4.69) is 0 Å². The summed E-state index contributed by atoms with van der Waals surface area (Å²) in [4.78, 5) is 27.7. The summed E-state index contributed by atoms with van der Waals surface area (Å²) in [5.74, 6) is 0.683. The molecule has 0 N–H and O–H groups in total. The first-order valence-corrected chi connectivity index (χ1v) is 9.48. The average Bonchev–Trinajstić information content (AvgIpc) is 3.08. The zero-order chi connectivity index (χ0) is 17.2. The first-order valence-electron chi connectivity index (χ1n) is 9.10. The van der Waals surface area contributed by atoms with Gasteiger partial charge < -0.3 is 4.90 Å². The Hall–Kier alpha value is -1.35. The molecular weight excluding hydrogens is 322 g/mol. The first kappa shape index (κ1) is 17.5. The third kappa shape index (κ3) is 3.11. The zero-order valence-corrected chi connectivity index (χ0v) is 15.1. The fourth-order valence-corrected chi connectivity index (χ4v) is 4.73. The maximum absolute atomic E-state index is 13.0. The van der Waals surface area contributed by atoms with Crippen LogP contribution in [0.3, 0.4) is 0 Å². The van der Waals surface area contributed by atoms with Gasteiger partial charge in [0.2, 0.25) is 5.91 Å². The van der Waals surface area contributed by atoms with Crippen LogP contribution in [0.25, 0.3) is 0 Å². The fraction of sp³-hybridized carbons (Fsp3) is 0.600. The maximum atomic E-state index is 13.0. The summed E-state index contributed by atoms with van der Waals surface area (Å²) in [7, 11) is 1.80. The van der Waals surface area contributed by atoms with Crippen molar-refractivity contribution in [2.24, 2.45) is 5.92 Å². The summed E-state index contributed by atoms with van der Waals surface area (Å²) in [6.07, 6.45) is 8.28. The number of halogens is 1. The predicted octanol–water partition coefficient (Wildman–Crippen LogP) is 4.72. The van der Waals surface area contributed by atoms with Crippen LogP contribution in [0.4, 0.5) is 0 Å². The lowest BCUT2D eigenvalue weighted by Crippen LogP contribution is -2.54. The minimum absolute atomic E-state index is 0.0806. The van der Waals surface area contributed by atoms with Gasteiger partial charge in [-0.05, 0) is 44.1 Å². The van der Waals surface area contributed by atoms with Gasteiger partial charge in [0.25, 0.3) is 0 Å². The molecule has 0 radical (unpaired) electrons. The third-order valence-corrected chi connectivity index (χ3v) is 6.19.